The number of aromatic amines is 1. The number of nitrogens with one attached hydrogen (secondary N) is 1. The van der Waals surface area contributed by atoms with Crippen LogP contribution in [0.4, 0.5) is 5.95 Å². The van der Waals surface area contributed by atoms with Crippen LogP contribution in [0.15, 0.2) is 16.0 Å². The first kappa shape index (κ1) is 18.4. The zero-order valence-corrected chi connectivity index (χ0v) is 14.9. The number of H-pyrrole nitrogens is 1. The second kappa shape index (κ2) is 6.88. The van der Waals surface area contributed by atoms with Crippen LogP contribution in [0.1, 0.15) is 31.1 Å². The number of aldehydes is 1. The number of rotatable bonds is 5. The topological polar surface area (TPSA) is 110 Å². The number of esters is 1. The molecule has 0 aliphatic heterocycles. The van der Waals surface area contributed by atoms with Crippen molar-refractivity contribution in [3.63, 3.8) is 0 Å². The summed E-state index contributed by atoms with van der Waals surface area (Å²) in [5, 5.41) is 0. The molecule has 2 aromatic heterocycles. The maximum atomic E-state index is 12.7. The summed E-state index contributed by atoms with van der Waals surface area (Å²) in [6, 6.07) is 0. The van der Waals surface area contributed by atoms with E-state index < -0.39 is 16.9 Å². The smallest absolute Gasteiger partial charge is 0.312 e. The van der Waals surface area contributed by atoms with Crippen LogP contribution in [0.2, 0.25) is 0 Å². The SMILES string of the molecule is CN(C)/C=N\c1nc2c(C=O)c[nH]c2c(=O)n1COC(=O)C(C)(C)C. The van der Waals surface area contributed by atoms with Crippen LogP contribution in [-0.2, 0) is 16.3 Å². The molecular weight excluding hydrogens is 326 g/mol. The number of nitrogens with zero attached hydrogens (tertiary/aromatic N) is 4. The van der Waals surface area contributed by atoms with Crippen LogP contribution >= 0.6 is 0 Å². The van der Waals surface area contributed by atoms with Crippen molar-refractivity contribution >= 4 is 35.6 Å². The lowest BCUT2D eigenvalue weighted by Gasteiger charge is -2.17. The molecule has 0 spiro atoms. The van der Waals surface area contributed by atoms with Crippen LogP contribution in [-0.4, -0.2) is 52.1 Å². The van der Waals surface area contributed by atoms with Crippen LogP contribution in [0.5, 0.6) is 0 Å². The number of ether oxygens (including phenoxy) is 1. The van der Waals surface area contributed by atoms with Gasteiger partial charge in [0.25, 0.3) is 5.56 Å². The molecule has 9 heteroatoms. The Bertz CT molecular complexity index is 886. The Morgan fingerprint density at radius 3 is 2.68 bits per heavy atom. The summed E-state index contributed by atoms with van der Waals surface area (Å²) >= 11 is 0. The molecule has 1 N–H and O–H groups in total. The highest BCUT2D eigenvalue weighted by molar-refractivity contribution is 5.94. The summed E-state index contributed by atoms with van der Waals surface area (Å²) in [6.07, 6.45) is 3.47. The second-order valence-corrected chi connectivity index (χ2v) is 6.75. The van der Waals surface area contributed by atoms with Gasteiger partial charge in [-0.15, -0.1) is 0 Å². The summed E-state index contributed by atoms with van der Waals surface area (Å²) in [5.74, 6) is -0.419. The predicted octanol–water partition coefficient (Wildman–Crippen LogP) is 1.31. The molecule has 2 rings (SSSR count). The van der Waals surface area contributed by atoms with Gasteiger partial charge in [-0.05, 0) is 20.8 Å². The molecule has 0 atom stereocenters. The Kier molecular flexibility index (Phi) is 5.05. The number of fused-ring (bicyclic) bond motifs is 1. The molecule has 0 aliphatic carbocycles. The Labute approximate surface area is 144 Å². The number of aromatic nitrogens is 3. The summed E-state index contributed by atoms with van der Waals surface area (Å²) in [5.41, 5.74) is -0.550. The first-order valence-corrected chi connectivity index (χ1v) is 7.60. The van der Waals surface area contributed by atoms with Crippen molar-refractivity contribution in [2.75, 3.05) is 14.1 Å². The fourth-order valence-electron chi connectivity index (χ4n) is 1.91. The predicted molar refractivity (Wildman–Crippen MR) is 93.1 cm³/mol. The van der Waals surface area contributed by atoms with Gasteiger partial charge >= 0.3 is 5.97 Å². The monoisotopic (exact) mass is 347 g/mol. The number of carbonyl (C=O) groups excluding carboxylic acids is 2. The van der Waals surface area contributed by atoms with Crippen molar-refractivity contribution in [1.29, 1.82) is 0 Å². The fourth-order valence-corrected chi connectivity index (χ4v) is 1.91. The van der Waals surface area contributed by atoms with Crippen LogP contribution < -0.4 is 5.56 Å². The van der Waals surface area contributed by atoms with Crippen molar-refractivity contribution < 1.29 is 14.3 Å². The van der Waals surface area contributed by atoms with Gasteiger partial charge < -0.3 is 14.6 Å². The van der Waals surface area contributed by atoms with E-state index in [2.05, 4.69) is 15.0 Å². The first-order chi connectivity index (χ1) is 11.6. The molecule has 0 bridgehead atoms. The van der Waals surface area contributed by atoms with Crippen molar-refractivity contribution in [3.8, 4) is 0 Å². The van der Waals surface area contributed by atoms with Gasteiger partial charge in [-0.3, -0.25) is 14.4 Å². The molecule has 0 fully saturated rings. The van der Waals surface area contributed by atoms with Gasteiger partial charge in [0.1, 0.15) is 11.0 Å². The second-order valence-electron chi connectivity index (χ2n) is 6.75. The molecule has 0 aliphatic rings. The Morgan fingerprint density at radius 1 is 1.44 bits per heavy atom. The minimum atomic E-state index is -0.703. The minimum absolute atomic E-state index is 0.0376. The van der Waals surface area contributed by atoms with E-state index in [9.17, 15) is 14.4 Å². The lowest BCUT2D eigenvalue weighted by Crippen LogP contribution is -2.28. The Morgan fingerprint density at radius 2 is 2.12 bits per heavy atom. The van der Waals surface area contributed by atoms with Crippen LogP contribution in [0.25, 0.3) is 11.0 Å². The molecule has 0 radical (unpaired) electrons. The molecule has 134 valence electrons. The third-order valence-electron chi connectivity index (χ3n) is 3.26. The largest absolute Gasteiger partial charge is 0.443 e. The summed E-state index contributed by atoms with van der Waals surface area (Å²) < 4.78 is 6.35. The van der Waals surface area contributed by atoms with Crippen LogP contribution in [0, 0.1) is 5.41 Å². The molecular formula is C16H21N5O4. The van der Waals surface area contributed by atoms with Gasteiger partial charge in [0.2, 0.25) is 5.95 Å². The van der Waals surface area contributed by atoms with Crippen LogP contribution in [0.3, 0.4) is 0 Å². The minimum Gasteiger partial charge on any atom is -0.443 e. The van der Waals surface area contributed by atoms with E-state index in [1.807, 2.05) is 0 Å². The van der Waals surface area contributed by atoms with E-state index in [-0.39, 0.29) is 29.3 Å². The van der Waals surface area contributed by atoms with Crippen molar-refractivity contribution in [2.24, 2.45) is 10.4 Å². The van der Waals surface area contributed by atoms with E-state index >= 15 is 0 Å². The summed E-state index contributed by atoms with van der Waals surface area (Å²) in [6.45, 7) is 4.82. The molecule has 25 heavy (non-hydrogen) atoms. The molecule has 9 nitrogen and oxygen atoms in total. The lowest BCUT2D eigenvalue weighted by atomic mass is 9.98. The standard InChI is InChI=1S/C16H21N5O4/c1-16(2,3)14(24)25-9-21-13(23)12-11(10(7-22)6-17-12)19-15(21)18-8-20(4)5/h6-8,17H,9H2,1-5H3/b18-8-. The van der Waals surface area contributed by atoms with Crippen molar-refractivity contribution in [3.05, 3.63) is 22.1 Å². The number of hydrogen-bond acceptors (Lipinski definition) is 6. The van der Waals surface area contributed by atoms with E-state index in [1.165, 1.54) is 12.5 Å². The highest BCUT2D eigenvalue weighted by Crippen LogP contribution is 2.18. The normalized spacial score (nSPS) is 11.9. The average Bonchev–Trinajstić information content (AvgIpc) is 2.94. The number of aliphatic imine (C=N–C) groups is 1. The Hall–Kier alpha value is -2.97. The van der Waals surface area contributed by atoms with E-state index in [1.54, 1.807) is 39.8 Å². The zero-order chi connectivity index (χ0) is 18.8. The average molecular weight is 347 g/mol. The molecule has 0 unspecified atom stereocenters. The maximum Gasteiger partial charge on any atom is 0.312 e. The zero-order valence-electron chi connectivity index (χ0n) is 14.9. The highest BCUT2D eigenvalue weighted by atomic mass is 16.5. The molecule has 0 saturated carbocycles. The first-order valence-electron chi connectivity index (χ1n) is 7.60. The molecule has 0 saturated heterocycles. The van der Waals surface area contributed by atoms with E-state index in [0.29, 0.717) is 6.29 Å². The van der Waals surface area contributed by atoms with Crippen molar-refractivity contribution in [1.82, 2.24) is 19.4 Å². The summed E-state index contributed by atoms with van der Waals surface area (Å²) in [7, 11) is 3.52. The van der Waals surface area contributed by atoms with Gasteiger partial charge in [-0.25, -0.2) is 14.5 Å². The van der Waals surface area contributed by atoms with Gasteiger partial charge in [0, 0.05) is 20.3 Å². The molecule has 2 aromatic rings. The molecule has 0 amide bonds. The van der Waals surface area contributed by atoms with E-state index in [4.69, 9.17) is 4.74 Å². The molecule has 0 aromatic carbocycles. The Balaban J connectivity index is 2.54. The maximum absolute atomic E-state index is 12.7. The summed E-state index contributed by atoms with van der Waals surface area (Å²) in [4.78, 5) is 48.6. The number of carbonyl (C=O) groups is 2. The van der Waals surface area contributed by atoms with E-state index in [0.717, 1.165) is 4.57 Å². The third-order valence-corrected chi connectivity index (χ3v) is 3.26. The van der Waals surface area contributed by atoms with Gasteiger partial charge in [0.15, 0.2) is 13.0 Å². The van der Waals surface area contributed by atoms with Gasteiger partial charge in [-0.1, -0.05) is 0 Å². The van der Waals surface area contributed by atoms with Gasteiger partial charge in [0.05, 0.1) is 17.3 Å². The fraction of sp³-hybridized carbons (Fsp3) is 0.438. The quantitative estimate of drug-likeness (QED) is 0.378. The lowest BCUT2D eigenvalue weighted by molar-refractivity contribution is -0.157. The third kappa shape index (κ3) is 3.93. The van der Waals surface area contributed by atoms with Crippen molar-refractivity contribution in [2.45, 2.75) is 27.5 Å². The molecule has 2 heterocycles. The number of hydrogen-bond donors (Lipinski definition) is 1. The van der Waals surface area contributed by atoms with Gasteiger partial charge in [-0.2, -0.15) is 0 Å². The highest BCUT2D eigenvalue weighted by Gasteiger charge is 2.24.